The highest BCUT2D eigenvalue weighted by atomic mass is 16.6. The summed E-state index contributed by atoms with van der Waals surface area (Å²) in [4.78, 5) is 40.4. The van der Waals surface area contributed by atoms with Crippen LogP contribution < -0.4 is 5.69 Å². The van der Waals surface area contributed by atoms with E-state index in [0.717, 1.165) is 11.0 Å². The van der Waals surface area contributed by atoms with E-state index in [1.165, 1.54) is 6.07 Å². The first-order valence-electron chi connectivity index (χ1n) is 9.19. The number of nitro groups is 1. The maximum Gasteiger partial charge on any atom is 0.326 e. The molecule has 1 N–H and O–H groups in total. The van der Waals surface area contributed by atoms with Crippen molar-refractivity contribution in [1.82, 2.24) is 14.5 Å². The highest BCUT2D eigenvalue weighted by Gasteiger charge is 2.27. The van der Waals surface area contributed by atoms with Gasteiger partial charge in [-0.15, -0.1) is 0 Å². The summed E-state index contributed by atoms with van der Waals surface area (Å²) in [6.45, 7) is 2.64. The number of likely N-dealkylation sites (tertiary alicyclic amines) is 1. The van der Waals surface area contributed by atoms with E-state index < -0.39 is 4.92 Å². The number of nitrogens with one attached hydrogen (secondary N) is 1. The van der Waals surface area contributed by atoms with E-state index in [1.807, 2.05) is 24.3 Å². The van der Waals surface area contributed by atoms with Crippen molar-refractivity contribution in [3.63, 3.8) is 0 Å². The van der Waals surface area contributed by atoms with Gasteiger partial charge in [-0.3, -0.25) is 19.5 Å². The summed E-state index contributed by atoms with van der Waals surface area (Å²) in [5.41, 5.74) is 2.33. The summed E-state index contributed by atoms with van der Waals surface area (Å²) in [6, 6.07) is 12.1. The van der Waals surface area contributed by atoms with E-state index in [9.17, 15) is 19.7 Å². The largest absolute Gasteiger partial charge is 0.338 e. The first-order valence-corrected chi connectivity index (χ1v) is 9.19. The number of para-hydroxylation sites is 2. The van der Waals surface area contributed by atoms with Crippen LogP contribution in [0.4, 0.5) is 5.69 Å². The fourth-order valence-corrected chi connectivity index (χ4v) is 3.89. The molecule has 1 aliphatic heterocycles. The molecule has 2 heterocycles. The van der Waals surface area contributed by atoms with Crippen LogP contribution in [0.1, 0.15) is 34.8 Å². The number of nitrogens with zero attached hydrogens (tertiary/aromatic N) is 3. The molecule has 0 aliphatic carbocycles. The van der Waals surface area contributed by atoms with Gasteiger partial charge in [0.05, 0.1) is 16.0 Å². The number of imidazole rings is 1. The Morgan fingerprint density at radius 1 is 1.18 bits per heavy atom. The highest BCUT2D eigenvalue weighted by Crippen LogP contribution is 2.27. The van der Waals surface area contributed by atoms with Gasteiger partial charge in [-0.2, -0.15) is 0 Å². The molecule has 8 nitrogen and oxygen atoms in total. The highest BCUT2D eigenvalue weighted by molar-refractivity contribution is 5.95. The summed E-state index contributed by atoms with van der Waals surface area (Å²) in [7, 11) is 0. The number of carbonyl (C=O) groups excluding carboxylic acids is 1. The SMILES string of the molecule is Cc1ccc(C(=O)N2CCC(n3c(=O)[nH]c4ccccc43)CC2)cc1[N+](=O)[O-]. The summed E-state index contributed by atoms with van der Waals surface area (Å²) in [5.74, 6) is -0.215. The lowest BCUT2D eigenvalue weighted by molar-refractivity contribution is -0.385. The quantitative estimate of drug-likeness (QED) is 0.557. The number of amides is 1. The summed E-state index contributed by atoms with van der Waals surface area (Å²) < 4.78 is 1.77. The van der Waals surface area contributed by atoms with Crippen LogP contribution in [0.2, 0.25) is 0 Å². The molecule has 144 valence electrons. The molecule has 0 bridgehead atoms. The van der Waals surface area contributed by atoms with E-state index in [0.29, 0.717) is 37.1 Å². The number of hydrogen-bond acceptors (Lipinski definition) is 4. The van der Waals surface area contributed by atoms with E-state index in [4.69, 9.17) is 0 Å². The molecule has 2 aromatic carbocycles. The number of benzene rings is 2. The minimum Gasteiger partial charge on any atom is -0.338 e. The van der Waals surface area contributed by atoms with Gasteiger partial charge in [0, 0.05) is 36.3 Å². The predicted octanol–water partition coefficient (Wildman–Crippen LogP) is 3.02. The van der Waals surface area contributed by atoms with Crippen molar-refractivity contribution in [2.75, 3.05) is 13.1 Å². The number of piperidine rings is 1. The van der Waals surface area contributed by atoms with Gasteiger partial charge >= 0.3 is 5.69 Å². The minimum absolute atomic E-state index is 0.0139. The Bertz CT molecular complexity index is 1120. The lowest BCUT2D eigenvalue weighted by atomic mass is 10.0. The monoisotopic (exact) mass is 380 g/mol. The third kappa shape index (κ3) is 3.06. The topological polar surface area (TPSA) is 101 Å². The minimum atomic E-state index is -0.470. The van der Waals surface area contributed by atoms with Gasteiger partial charge < -0.3 is 9.88 Å². The third-order valence-corrected chi connectivity index (χ3v) is 5.39. The molecule has 0 atom stereocenters. The molecule has 1 aromatic heterocycles. The molecular formula is C20H20N4O4. The normalized spacial score (nSPS) is 15.1. The summed E-state index contributed by atoms with van der Waals surface area (Å²) >= 11 is 0. The van der Waals surface area contributed by atoms with Gasteiger partial charge in [-0.05, 0) is 38.0 Å². The van der Waals surface area contributed by atoms with Gasteiger partial charge in [0.15, 0.2) is 0 Å². The molecule has 1 saturated heterocycles. The van der Waals surface area contributed by atoms with Crippen molar-refractivity contribution >= 4 is 22.6 Å². The van der Waals surface area contributed by atoms with Crippen molar-refractivity contribution in [3.05, 3.63) is 74.2 Å². The van der Waals surface area contributed by atoms with Crippen LogP contribution in [0.25, 0.3) is 11.0 Å². The van der Waals surface area contributed by atoms with Gasteiger partial charge in [0.1, 0.15) is 0 Å². The van der Waals surface area contributed by atoms with Gasteiger partial charge in [0.25, 0.3) is 11.6 Å². The second-order valence-corrected chi connectivity index (χ2v) is 7.10. The number of H-pyrrole nitrogens is 1. The first-order chi connectivity index (χ1) is 13.5. The Morgan fingerprint density at radius 3 is 2.61 bits per heavy atom. The van der Waals surface area contributed by atoms with Crippen molar-refractivity contribution in [2.24, 2.45) is 0 Å². The average Bonchev–Trinajstić information content (AvgIpc) is 3.03. The lowest BCUT2D eigenvalue weighted by Gasteiger charge is -2.32. The fraction of sp³-hybridized carbons (Fsp3) is 0.300. The van der Waals surface area contributed by atoms with Crippen molar-refractivity contribution in [2.45, 2.75) is 25.8 Å². The number of fused-ring (bicyclic) bond motifs is 1. The zero-order valence-corrected chi connectivity index (χ0v) is 15.4. The molecular weight excluding hydrogens is 360 g/mol. The van der Waals surface area contributed by atoms with Crippen LogP contribution in [0.15, 0.2) is 47.3 Å². The number of hydrogen-bond donors (Lipinski definition) is 1. The van der Waals surface area contributed by atoms with Gasteiger partial charge in [-0.25, -0.2) is 4.79 Å². The first kappa shape index (κ1) is 18.0. The molecule has 3 aromatic rings. The number of aromatic nitrogens is 2. The molecule has 0 saturated carbocycles. The Labute approximate surface area is 160 Å². The standard InChI is InChI=1S/C20H20N4O4/c1-13-6-7-14(12-18(13)24(27)28)19(25)22-10-8-15(9-11-22)23-17-5-3-2-4-16(17)21-20(23)26/h2-7,12,15H,8-11H2,1H3,(H,21,26). The average molecular weight is 380 g/mol. The third-order valence-electron chi connectivity index (χ3n) is 5.39. The molecule has 1 amide bonds. The van der Waals surface area contributed by atoms with Crippen LogP contribution >= 0.6 is 0 Å². The molecule has 0 radical (unpaired) electrons. The van der Waals surface area contributed by atoms with Gasteiger partial charge in [0.2, 0.25) is 0 Å². The van der Waals surface area contributed by atoms with E-state index in [-0.39, 0.29) is 23.3 Å². The molecule has 4 rings (SSSR count). The van der Waals surface area contributed by atoms with E-state index >= 15 is 0 Å². The van der Waals surface area contributed by atoms with Crippen LogP contribution in [0.3, 0.4) is 0 Å². The zero-order chi connectivity index (χ0) is 19.8. The molecule has 28 heavy (non-hydrogen) atoms. The van der Waals surface area contributed by atoms with Crippen LogP contribution in [0.5, 0.6) is 0 Å². The number of nitro benzene ring substituents is 1. The fourth-order valence-electron chi connectivity index (χ4n) is 3.89. The number of aryl methyl sites for hydroxylation is 1. The molecule has 1 fully saturated rings. The smallest absolute Gasteiger partial charge is 0.326 e. The van der Waals surface area contributed by atoms with E-state index in [2.05, 4.69) is 4.98 Å². The second kappa shape index (κ2) is 6.95. The lowest BCUT2D eigenvalue weighted by Crippen LogP contribution is -2.40. The van der Waals surface area contributed by atoms with Crippen molar-refractivity contribution in [3.8, 4) is 0 Å². The Hall–Kier alpha value is -3.42. The van der Waals surface area contributed by atoms with Crippen LogP contribution in [-0.2, 0) is 0 Å². The molecule has 0 spiro atoms. The Kier molecular flexibility index (Phi) is 4.46. The molecule has 8 heteroatoms. The number of aromatic amines is 1. The van der Waals surface area contributed by atoms with Crippen LogP contribution in [-0.4, -0.2) is 38.4 Å². The van der Waals surface area contributed by atoms with Crippen molar-refractivity contribution in [1.29, 1.82) is 0 Å². The van der Waals surface area contributed by atoms with E-state index in [1.54, 1.807) is 28.5 Å². The summed E-state index contributed by atoms with van der Waals surface area (Å²) in [6.07, 6.45) is 1.31. The zero-order valence-electron chi connectivity index (χ0n) is 15.4. The van der Waals surface area contributed by atoms with Crippen molar-refractivity contribution < 1.29 is 9.72 Å². The predicted molar refractivity (Wildman–Crippen MR) is 105 cm³/mol. The van der Waals surface area contributed by atoms with Gasteiger partial charge in [-0.1, -0.05) is 18.2 Å². The number of carbonyl (C=O) groups is 1. The maximum absolute atomic E-state index is 12.8. The maximum atomic E-state index is 12.8. The Morgan fingerprint density at radius 2 is 1.89 bits per heavy atom. The second-order valence-electron chi connectivity index (χ2n) is 7.10. The Balaban J connectivity index is 1.52. The molecule has 1 aliphatic rings. The van der Waals surface area contributed by atoms with Crippen LogP contribution in [0, 0.1) is 17.0 Å². The number of rotatable bonds is 3. The molecule has 0 unspecified atom stereocenters. The summed E-state index contributed by atoms with van der Waals surface area (Å²) in [5, 5.41) is 11.1.